The minimum atomic E-state index is 0.192. The van der Waals surface area contributed by atoms with E-state index in [9.17, 15) is 4.79 Å². The normalized spacial score (nSPS) is 20.9. The number of ether oxygens (including phenoxy) is 1. The van der Waals surface area contributed by atoms with Gasteiger partial charge >= 0.3 is 0 Å². The largest absolute Gasteiger partial charge is 0.396 e. The summed E-state index contributed by atoms with van der Waals surface area (Å²) < 4.78 is 4.90. The SMILES string of the molecule is COCCC(=O)N1CCCC1CCCO. The molecule has 4 heteroatoms. The quantitative estimate of drug-likeness (QED) is 0.712. The minimum Gasteiger partial charge on any atom is -0.396 e. The molecule has 4 nitrogen and oxygen atoms in total. The lowest BCUT2D eigenvalue weighted by Gasteiger charge is -2.24. The number of rotatable bonds is 6. The maximum atomic E-state index is 11.8. The molecule has 1 saturated heterocycles. The maximum absolute atomic E-state index is 11.8. The van der Waals surface area contributed by atoms with Gasteiger partial charge in [0, 0.05) is 26.3 Å². The Labute approximate surface area is 91.2 Å². The molecule has 1 aliphatic heterocycles. The van der Waals surface area contributed by atoms with E-state index in [0.29, 0.717) is 19.1 Å². The van der Waals surface area contributed by atoms with Crippen LogP contribution in [0, 0.1) is 0 Å². The first-order valence-electron chi connectivity index (χ1n) is 5.69. The molecule has 1 rings (SSSR count). The number of nitrogens with zero attached hydrogens (tertiary/aromatic N) is 1. The van der Waals surface area contributed by atoms with Crippen LogP contribution in [-0.2, 0) is 9.53 Å². The third kappa shape index (κ3) is 3.80. The van der Waals surface area contributed by atoms with Gasteiger partial charge in [0.1, 0.15) is 0 Å². The van der Waals surface area contributed by atoms with Crippen LogP contribution in [0.1, 0.15) is 32.1 Å². The first-order chi connectivity index (χ1) is 7.29. The molecule has 0 bridgehead atoms. The summed E-state index contributed by atoms with van der Waals surface area (Å²) in [6.07, 6.45) is 4.37. The Morgan fingerprint density at radius 2 is 2.40 bits per heavy atom. The molecule has 1 unspecified atom stereocenters. The number of hydrogen-bond donors (Lipinski definition) is 1. The molecule has 1 aliphatic rings. The van der Waals surface area contributed by atoms with E-state index >= 15 is 0 Å². The number of carbonyl (C=O) groups excluding carboxylic acids is 1. The smallest absolute Gasteiger partial charge is 0.225 e. The molecule has 1 N–H and O–H groups in total. The average molecular weight is 215 g/mol. The van der Waals surface area contributed by atoms with Crippen LogP contribution in [0.5, 0.6) is 0 Å². The third-order valence-electron chi connectivity index (χ3n) is 2.91. The number of aliphatic hydroxyl groups excluding tert-OH is 1. The van der Waals surface area contributed by atoms with Crippen LogP contribution in [0.25, 0.3) is 0 Å². The van der Waals surface area contributed by atoms with E-state index in [2.05, 4.69) is 0 Å². The molecule has 1 heterocycles. The van der Waals surface area contributed by atoms with Crippen LogP contribution in [-0.4, -0.2) is 48.8 Å². The summed E-state index contributed by atoms with van der Waals surface area (Å²) in [7, 11) is 1.61. The van der Waals surface area contributed by atoms with Crippen molar-refractivity contribution in [1.82, 2.24) is 4.90 Å². The van der Waals surface area contributed by atoms with Gasteiger partial charge in [0.05, 0.1) is 13.0 Å². The molecule has 0 spiro atoms. The molecule has 0 radical (unpaired) electrons. The highest BCUT2D eigenvalue weighted by Gasteiger charge is 2.27. The van der Waals surface area contributed by atoms with Crippen LogP contribution >= 0.6 is 0 Å². The molecule has 1 atom stereocenters. The Kier molecular flexibility index (Phi) is 5.65. The zero-order valence-corrected chi connectivity index (χ0v) is 9.45. The molecule has 0 aromatic heterocycles. The lowest BCUT2D eigenvalue weighted by atomic mass is 10.1. The Bertz CT molecular complexity index is 196. The van der Waals surface area contributed by atoms with Crippen LogP contribution in [0.2, 0.25) is 0 Å². The fourth-order valence-electron chi connectivity index (χ4n) is 2.12. The van der Waals surface area contributed by atoms with E-state index < -0.39 is 0 Å². The van der Waals surface area contributed by atoms with Gasteiger partial charge in [-0.2, -0.15) is 0 Å². The number of aliphatic hydroxyl groups is 1. The standard InChI is InChI=1S/C11H21NO3/c1-15-9-6-11(14)12-7-2-4-10(12)5-3-8-13/h10,13H,2-9H2,1H3. The molecular weight excluding hydrogens is 194 g/mol. The number of methoxy groups -OCH3 is 1. The molecule has 0 aromatic carbocycles. The highest BCUT2D eigenvalue weighted by molar-refractivity contribution is 5.76. The van der Waals surface area contributed by atoms with Gasteiger partial charge in [-0.05, 0) is 25.7 Å². The second kappa shape index (κ2) is 6.80. The first kappa shape index (κ1) is 12.5. The number of amides is 1. The summed E-state index contributed by atoms with van der Waals surface area (Å²) in [5, 5.41) is 8.77. The zero-order chi connectivity index (χ0) is 11.1. The Balaban J connectivity index is 2.34. The molecule has 0 aliphatic carbocycles. The van der Waals surface area contributed by atoms with E-state index in [1.54, 1.807) is 7.11 Å². The molecule has 88 valence electrons. The van der Waals surface area contributed by atoms with Crippen molar-refractivity contribution >= 4 is 5.91 Å². The summed E-state index contributed by atoms with van der Waals surface area (Å²) in [5.74, 6) is 0.192. The molecule has 1 amide bonds. The fraction of sp³-hybridized carbons (Fsp3) is 0.909. The maximum Gasteiger partial charge on any atom is 0.225 e. The van der Waals surface area contributed by atoms with Gasteiger partial charge < -0.3 is 14.7 Å². The van der Waals surface area contributed by atoms with Crippen molar-refractivity contribution in [3.8, 4) is 0 Å². The van der Waals surface area contributed by atoms with E-state index in [4.69, 9.17) is 9.84 Å². The summed E-state index contributed by atoms with van der Waals surface area (Å²) in [5.41, 5.74) is 0. The minimum absolute atomic E-state index is 0.192. The van der Waals surface area contributed by atoms with Crippen LogP contribution in [0.4, 0.5) is 0 Å². The van der Waals surface area contributed by atoms with Gasteiger partial charge in [-0.25, -0.2) is 0 Å². The summed E-state index contributed by atoms with van der Waals surface area (Å²) >= 11 is 0. The Morgan fingerprint density at radius 3 is 3.07 bits per heavy atom. The second-order valence-corrected chi connectivity index (χ2v) is 3.99. The molecule has 0 saturated carbocycles. The van der Waals surface area contributed by atoms with E-state index in [1.807, 2.05) is 4.90 Å². The topological polar surface area (TPSA) is 49.8 Å². The van der Waals surface area contributed by atoms with Crippen molar-refractivity contribution in [1.29, 1.82) is 0 Å². The predicted molar refractivity (Wildman–Crippen MR) is 57.5 cm³/mol. The molecule has 0 aromatic rings. The van der Waals surface area contributed by atoms with Gasteiger partial charge in [0.2, 0.25) is 5.91 Å². The Morgan fingerprint density at radius 1 is 1.60 bits per heavy atom. The lowest BCUT2D eigenvalue weighted by Crippen LogP contribution is -2.36. The van der Waals surface area contributed by atoms with Crippen LogP contribution in [0.15, 0.2) is 0 Å². The van der Waals surface area contributed by atoms with Gasteiger partial charge in [-0.1, -0.05) is 0 Å². The van der Waals surface area contributed by atoms with Crippen LogP contribution < -0.4 is 0 Å². The predicted octanol–water partition coefficient (Wildman–Crippen LogP) is 0.786. The van der Waals surface area contributed by atoms with Crippen molar-refractivity contribution in [3.63, 3.8) is 0 Å². The van der Waals surface area contributed by atoms with Crippen LogP contribution in [0.3, 0.4) is 0 Å². The molecule has 15 heavy (non-hydrogen) atoms. The van der Waals surface area contributed by atoms with Crippen molar-refractivity contribution in [2.45, 2.75) is 38.1 Å². The molecular formula is C11H21NO3. The second-order valence-electron chi connectivity index (χ2n) is 3.99. The third-order valence-corrected chi connectivity index (χ3v) is 2.91. The number of likely N-dealkylation sites (tertiary alicyclic amines) is 1. The summed E-state index contributed by atoms with van der Waals surface area (Å²) in [6.45, 7) is 1.59. The van der Waals surface area contributed by atoms with Crippen molar-refractivity contribution in [2.24, 2.45) is 0 Å². The molecule has 1 fully saturated rings. The number of carbonyl (C=O) groups is 1. The van der Waals surface area contributed by atoms with E-state index in [-0.39, 0.29) is 12.5 Å². The number of hydrogen-bond acceptors (Lipinski definition) is 3. The van der Waals surface area contributed by atoms with Gasteiger partial charge in [0.15, 0.2) is 0 Å². The van der Waals surface area contributed by atoms with Crippen molar-refractivity contribution in [3.05, 3.63) is 0 Å². The highest BCUT2D eigenvalue weighted by Crippen LogP contribution is 2.21. The van der Waals surface area contributed by atoms with Crippen molar-refractivity contribution in [2.75, 3.05) is 26.9 Å². The van der Waals surface area contributed by atoms with E-state index in [0.717, 1.165) is 32.2 Å². The summed E-state index contributed by atoms with van der Waals surface area (Å²) in [4.78, 5) is 13.7. The first-order valence-corrected chi connectivity index (χ1v) is 5.69. The van der Waals surface area contributed by atoms with Gasteiger partial charge in [0.25, 0.3) is 0 Å². The Hall–Kier alpha value is -0.610. The van der Waals surface area contributed by atoms with Gasteiger partial charge in [-0.3, -0.25) is 4.79 Å². The summed E-state index contributed by atoms with van der Waals surface area (Å²) in [6, 6.07) is 0.349. The monoisotopic (exact) mass is 215 g/mol. The average Bonchev–Trinajstić information content (AvgIpc) is 2.71. The van der Waals surface area contributed by atoms with Crippen molar-refractivity contribution < 1.29 is 14.6 Å². The lowest BCUT2D eigenvalue weighted by molar-refractivity contribution is -0.133. The van der Waals surface area contributed by atoms with Gasteiger partial charge in [-0.15, -0.1) is 0 Å². The van der Waals surface area contributed by atoms with E-state index in [1.165, 1.54) is 0 Å². The highest BCUT2D eigenvalue weighted by atomic mass is 16.5. The zero-order valence-electron chi connectivity index (χ0n) is 9.45. The fourth-order valence-corrected chi connectivity index (χ4v) is 2.12.